The lowest BCUT2D eigenvalue weighted by molar-refractivity contribution is -0.148. The first kappa shape index (κ1) is 34.3. The molecule has 0 spiro atoms. The topological polar surface area (TPSA) is 93.2 Å². The average Bonchev–Trinajstić information content (AvgIpc) is 3.61. The van der Waals surface area contributed by atoms with Crippen LogP contribution in [-0.4, -0.2) is 84.5 Å². The van der Waals surface area contributed by atoms with Crippen molar-refractivity contribution in [3.63, 3.8) is 0 Å². The van der Waals surface area contributed by atoms with Crippen LogP contribution in [0.25, 0.3) is 0 Å². The van der Waals surface area contributed by atoms with Crippen molar-refractivity contribution in [3.8, 4) is 0 Å². The molecule has 8 nitrogen and oxygen atoms in total. The molecule has 4 aliphatic rings. The van der Waals surface area contributed by atoms with Gasteiger partial charge in [-0.3, -0.25) is 29.0 Å². The second kappa shape index (κ2) is 15.6. The summed E-state index contributed by atoms with van der Waals surface area (Å²) in [5.41, 5.74) is -0.242. The van der Waals surface area contributed by atoms with Crippen LogP contribution in [0.2, 0.25) is 0 Å². The van der Waals surface area contributed by atoms with Crippen LogP contribution in [0.3, 0.4) is 0 Å². The molecule has 0 aliphatic carbocycles. The highest BCUT2D eigenvalue weighted by molar-refractivity contribution is 8.03. The summed E-state index contributed by atoms with van der Waals surface area (Å²) in [4.78, 5) is 55.5. The highest BCUT2D eigenvalue weighted by Gasteiger charge is 2.41. The molecule has 0 aromatic rings. The maximum atomic E-state index is 12.8. The van der Waals surface area contributed by atoms with E-state index >= 15 is 0 Å². The Kier molecular flexibility index (Phi) is 12.4. The molecule has 0 N–H and O–H groups in total. The molecule has 0 bridgehead atoms. The van der Waals surface area contributed by atoms with Gasteiger partial charge in [0.05, 0.1) is 11.8 Å². The standard InChI is InChI=1S/C33H50N2O6S2/c1-32(2,22-34-28(36)20-26-24(30(34)38)10-18-42-26)12-5-7-14-40-16-9-17-41-15-8-6-13-33(3,4)23-35-29(37)21-27-25(31(35)39)11-19-43-27/h20-21,24-25H,5-19,22-23H2,1-4H3. The first-order chi connectivity index (χ1) is 20.5. The maximum absolute atomic E-state index is 12.8. The van der Waals surface area contributed by atoms with E-state index < -0.39 is 0 Å². The van der Waals surface area contributed by atoms with Crippen LogP contribution >= 0.6 is 23.5 Å². The van der Waals surface area contributed by atoms with Crippen LogP contribution in [-0.2, 0) is 28.7 Å². The molecule has 2 unspecified atom stereocenters. The maximum Gasteiger partial charge on any atom is 0.254 e. The van der Waals surface area contributed by atoms with E-state index in [9.17, 15) is 19.2 Å². The largest absolute Gasteiger partial charge is 0.381 e. The van der Waals surface area contributed by atoms with Gasteiger partial charge in [0.25, 0.3) is 11.8 Å². The van der Waals surface area contributed by atoms with Crippen LogP contribution in [0.5, 0.6) is 0 Å². The van der Waals surface area contributed by atoms with Crippen molar-refractivity contribution in [2.75, 3.05) is 51.0 Å². The third-order valence-electron chi connectivity index (χ3n) is 8.76. The number of carbonyl (C=O) groups is 4. The van der Waals surface area contributed by atoms with Crippen molar-refractivity contribution in [3.05, 3.63) is 22.0 Å². The van der Waals surface area contributed by atoms with E-state index in [1.165, 1.54) is 9.80 Å². The van der Waals surface area contributed by atoms with Gasteiger partial charge in [0, 0.05) is 61.5 Å². The SMILES string of the molecule is CC(C)(CCCCOCCCOCCCCC(C)(C)CN1C(=O)C=C2SCCC2C1=O)CN1C(=O)C=C2SCCC2C1=O. The quantitative estimate of drug-likeness (QED) is 0.138. The van der Waals surface area contributed by atoms with E-state index in [0.29, 0.717) is 39.5 Å². The lowest BCUT2D eigenvalue weighted by atomic mass is 9.85. The van der Waals surface area contributed by atoms with Crippen LogP contribution in [0.4, 0.5) is 0 Å². The number of ether oxygens (including phenoxy) is 2. The van der Waals surface area contributed by atoms with E-state index in [1.807, 2.05) is 0 Å². The van der Waals surface area contributed by atoms with Crippen molar-refractivity contribution < 1.29 is 28.7 Å². The Bertz CT molecular complexity index is 1020. The number of amides is 4. The van der Waals surface area contributed by atoms with Gasteiger partial charge in [-0.25, -0.2) is 0 Å². The number of nitrogens with zero attached hydrogens (tertiary/aromatic N) is 2. The number of hydrogen-bond acceptors (Lipinski definition) is 8. The van der Waals surface area contributed by atoms with Crippen molar-refractivity contribution in [1.82, 2.24) is 9.80 Å². The summed E-state index contributed by atoms with van der Waals surface area (Å²) in [6.07, 6.45) is 11.7. The molecule has 10 heteroatoms. The summed E-state index contributed by atoms with van der Waals surface area (Å²) in [7, 11) is 0. The lowest BCUT2D eigenvalue weighted by Crippen LogP contribution is -2.47. The number of hydrogen-bond donors (Lipinski definition) is 0. The van der Waals surface area contributed by atoms with Gasteiger partial charge in [-0.05, 0) is 67.3 Å². The average molecular weight is 635 g/mol. The monoisotopic (exact) mass is 634 g/mol. The highest BCUT2D eigenvalue weighted by Crippen LogP contribution is 2.42. The fourth-order valence-electron chi connectivity index (χ4n) is 6.25. The Morgan fingerprint density at radius 1 is 0.651 bits per heavy atom. The summed E-state index contributed by atoms with van der Waals surface area (Å²) in [6.45, 7) is 12.2. The van der Waals surface area contributed by atoms with Crippen molar-refractivity contribution in [2.24, 2.45) is 22.7 Å². The number of rotatable bonds is 18. The lowest BCUT2D eigenvalue weighted by Gasteiger charge is -2.34. The molecule has 0 aromatic heterocycles. The molecule has 0 radical (unpaired) electrons. The summed E-state index contributed by atoms with van der Waals surface area (Å²) in [5.74, 6) is 1.29. The Morgan fingerprint density at radius 3 is 1.47 bits per heavy atom. The van der Waals surface area contributed by atoms with Gasteiger partial charge in [-0.2, -0.15) is 0 Å². The first-order valence-corrected chi connectivity index (χ1v) is 18.0. The number of thioether (sulfide) groups is 2. The van der Waals surface area contributed by atoms with Crippen molar-refractivity contribution >= 4 is 47.2 Å². The number of fused-ring (bicyclic) bond motifs is 2. The fourth-order valence-corrected chi connectivity index (χ4v) is 8.64. The fraction of sp³-hybridized carbons (Fsp3) is 0.758. The third-order valence-corrected chi connectivity index (χ3v) is 11.1. The van der Waals surface area contributed by atoms with Gasteiger partial charge >= 0.3 is 0 Å². The van der Waals surface area contributed by atoms with Crippen LogP contribution in [0.15, 0.2) is 22.0 Å². The predicted octanol–water partition coefficient (Wildman–Crippen LogP) is 5.81. The second-order valence-corrected chi connectivity index (χ2v) is 16.2. The molecule has 2 fully saturated rings. The summed E-state index contributed by atoms with van der Waals surface area (Å²) in [6, 6.07) is 0. The first-order valence-electron chi connectivity index (χ1n) is 16.0. The molecule has 0 aromatic carbocycles. The van der Waals surface area contributed by atoms with E-state index in [1.54, 1.807) is 35.7 Å². The number of unbranched alkanes of at least 4 members (excludes halogenated alkanes) is 2. The Labute approximate surface area is 266 Å². The van der Waals surface area contributed by atoms with E-state index in [0.717, 1.165) is 79.1 Å². The number of carbonyl (C=O) groups excluding carboxylic acids is 4. The molecule has 2 atom stereocenters. The summed E-state index contributed by atoms with van der Waals surface area (Å²) >= 11 is 3.28. The normalized spacial score (nSPS) is 22.7. The molecule has 4 aliphatic heterocycles. The molecule has 4 amide bonds. The van der Waals surface area contributed by atoms with Crippen LogP contribution in [0.1, 0.15) is 85.5 Å². The number of imide groups is 2. The Balaban J connectivity index is 0.980. The van der Waals surface area contributed by atoms with Gasteiger partial charge in [0.2, 0.25) is 11.8 Å². The van der Waals surface area contributed by atoms with Crippen LogP contribution in [0, 0.1) is 22.7 Å². The Hall–Kier alpha value is -1.62. The minimum Gasteiger partial charge on any atom is -0.381 e. The zero-order valence-electron chi connectivity index (χ0n) is 26.5. The van der Waals surface area contributed by atoms with Gasteiger partial charge in [-0.15, -0.1) is 23.5 Å². The van der Waals surface area contributed by atoms with Crippen molar-refractivity contribution in [1.29, 1.82) is 0 Å². The van der Waals surface area contributed by atoms with Crippen LogP contribution < -0.4 is 0 Å². The van der Waals surface area contributed by atoms with E-state index in [-0.39, 0.29) is 46.3 Å². The van der Waals surface area contributed by atoms with Crippen molar-refractivity contribution in [2.45, 2.75) is 85.5 Å². The molecule has 240 valence electrons. The smallest absolute Gasteiger partial charge is 0.254 e. The van der Waals surface area contributed by atoms with E-state index in [4.69, 9.17) is 9.47 Å². The molecule has 4 rings (SSSR count). The minimum atomic E-state index is -0.157. The second-order valence-electron chi connectivity index (χ2n) is 13.8. The molecular weight excluding hydrogens is 585 g/mol. The highest BCUT2D eigenvalue weighted by atomic mass is 32.2. The molecule has 2 saturated heterocycles. The molecular formula is C33H50N2O6S2. The molecule has 0 saturated carbocycles. The molecule has 4 heterocycles. The van der Waals surface area contributed by atoms with Gasteiger partial charge in [-0.1, -0.05) is 40.5 Å². The Morgan fingerprint density at radius 2 is 1.05 bits per heavy atom. The zero-order valence-corrected chi connectivity index (χ0v) is 28.1. The van der Waals surface area contributed by atoms with E-state index in [2.05, 4.69) is 27.7 Å². The molecule has 43 heavy (non-hydrogen) atoms. The zero-order chi connectivity index (χ0) is 31.0. The third kappa shape index (κ3) is 9.68. The minimum absolute atomic E-state index is 0.0162. The van der Waals surface area contributed by atoms with Gasteiger partial charge < -0.3 is 9.47 Å². The summed E-state index contributed by atoms with van der Waals surface area (Å²) in [5, 5.41) is 0. The van der Waals surface area contributed by atoms with Gasteiger partial charge in [0.1, 0.15) is 0 Å². The predicted molar refractivity (Wildman–Crippen MR) is 172 cm³/mol. The van der Waals surface area contributed by atoms with Gasteiger partial charge in [0.15, 0.2) is 0 Å². The summed E-state index contributed by atoms with van der Waals surface area (Å²) < 4.78 is 11.6.